The van der Waals surface area contributed by atoms with Gasteiger partial charge in [0.05, 0.1) is 20.5 Å². The minimum absolute atomic E-state index is 0.118. The van der Waals surface area contributed by atoms with Crippen LogP contribution in [0.15, 0.2) is 36.9 Å². The summed E-state index contributed by atoms with van der Waals surface area (Å²) < 4.78 is 12.6. The fourth-order valence-corrected chi connectivity index (χ4v) is 3.04. The normalized spacial score (nSPS) is 17.3. The van der Waals surface area contributed by atoms with Crippen LogP contribution >= 0.6 is 0 Å². The van der Waals surface area contributed by atoms with E-state index in [1.54, 1.807) is 37.5 Å². The van der Waals surface area contributed by atoms with Crippen molar-refractivity contribution in [3.63, 3.8) is 0 Å². The van der Waals surface area contributed by atoms with Crippen LogP contribution in [-0.4, -0.2) is 47.7 Å². The number of aromatic nitrogens is 2. The minimum atomic E-state index is 0.118. The number of carbonyl (C=O) groups excluding carboxylic acids is 1. The van der Waals surface area contributed by atoms with Gasteiger partial charge in [-0.25, -0.2) is 4.98 Å². The molecule has 1 atom stereocenters. The molecule has 1 aliphatic heterocycles. The van der Waals surface area contributed by atoms with E-state index in [0.29, 0.717) is 13.1 Å². The molecule has 6 nitrogen and oxygen atoms in total. The summed E-state index contributed by atoms with van der Waals surface area (Å²) >= 11 is 0. The summed E-state index contributed by atoms with van der Waals surface area (Å²) in [6.45, 7) is 1.80. The largest absolute Gasteiger partial charge is 0.497 e. The number of imidazole rings is 1. The van der Waals surface area contributed by atoms with E-state index in [1.807, 2.05) is 23.1 Å². The Balaban J connectivity index is 1.71. The topological polar surface area (TPSA) is 56.6 Å². The van der Waals surface area contributed by atoms with Crippen molar-refractivity contribution in [3.05, 3.63) is 42.5 Å². The molecule has 2 aromatic rings. The Kier molecular flexibility index (Phi) is 4.50. The van der Waals surface area contributed by atoms with Gasteiger partial charge in [0, 0.05) is 37.0 Å². The summed E-state index contributed by atoms with van der Waals surface area (Å²) in [6.07, 6.45) is 6.08. The molecule has 23 heavy (non-hydrogen) atoms. The Morgan fingerprint density at radius 3 is 2.91 bits per heavy atom. The lowest BCUT2D eigenvalue weighted by Crippen LogP contribution is -2.31. The molecule has 2 heterocycles. The first-order valence-electron chi connectivity index (χ1n) is 7.66. The van der Waals surface area contributed by atoms with Gasteiger partial charge in [0.1, 0.15) is 18.0 Å². The highest BCUT2D eigenvalue weighted by atomic mass is 16.5. The predicted molar refractivity (Wildman–Crippen MR) is 85.7 cm³/mol. The number of benzene rings is 1. The van der Waals surface area contributed by atoms with E-state index in [9.17, 15) is 4.79 Å². The molecule has 1 aromatic carbocycles. The number of ether oxygens (including phenoxy) is 2. The third-order valence-electron chi connectivity index (χ3n) is 4.29. The average molecular weight is 315 g/mol. The predicted octanol–water partition coefficient (Wildman–Crippen LogP) is 1.92. The second kappa shape index (κ2) is 6.73. The SMILES string of the molecule is COc1ccc(OC)c([C@@H]2CCN(C(=O)Cn3ccnc3)C2)c1. The lowest BCUT2D eigenvalue weighted by Gasteiger charge is -2.18. The van der Waals surface area contributed by atoms with Gasteiger partial charge < -0.3 is 18.9 Å². The zero-order chi connectivity index (χ0) is 16.2. The maximum absolute atomic E-state index is 12.4. The summed E-state index contributed by atoms with van der Waals surface area (Å²) in [6, 6.07) is 5.82. The van der Waals surface area contributed by atoms with Crippen LogP contribution in [0.5, 0.6) is 11.5 Å². The Labute approximate surface area is 135 Å². The molecule has 0 unspecified atom stereocenters. The number of carbonyl (C=O) groups is 1. The van der Waals surface area contributed by atoms with Gasteiger partial charge in [-0.15, -0.1) is 0 Å². The number of nitrogens with zero attached hydrogens (tertiary/aromatic N) is 3. The lowest BCUT2D eigenvalue weighted by atomic mass is 9.97. The molecular formula is C17H21N3O3. The van der Waals surface area contributed by atoms with Gasteiger partial charge in [-0.3, -0.25) is 4.79 Å². The van der Waals surface area contributed by atoms with Crippen molar-refractivity contribution in [1.29, 1.82) is 0 Å². The van der Waals surface area contributed by atoms with Crippen LogP contribution in [-0.2, 0) is 11.3 Å². The van der Waals surface area contributed by atoms with E-state index in [0.717, 1.165) is 30.0 Å². The van der Waals surface area contributed by atoms with Gasteiger partial charge in [0.25, 0.3) is 0 Å². The van der Waals surface area contributed by atoms with Gasteiger partial charge in [-0.05, 0) is 24.6 Å². The van der Waals surface area contributed by atoms with Crippen molar-refractivity contribution in [3.8, 4) is 11.5 Å². The van der Waals surface area contributed by atoms with Crippen LogP contribution in [0, 0.1) is 0 Å². The van der Waals surface area contributed by atoms with Crippen molar-refractivity contribution in [1.82, 2.24) is 14.5 Å². The second-order valence-electron chi connectivity index (χ2n) is 5.67. The van der Waals surface area contributed by atoms with Crippen LogP contribution < -0.4 is 9.47 Å². The van der Waals surface area contributed by atoms with E-state index in [-0.39, 0.29) is 11.8 Å². The number of methoxy groups -OCH3 is 2. The maximum Gasteiger partial charge on any atom is 0.242 e. The molecule has 0 spiro atoms. The van der Waals surface area contributed by atoms with E-state index >= 15 is 0 Å². The first-order valence-corrected chi connectivity index (χ1v) is 7.66. The molecule has 122 valence electrons. The van der Waals surface area contributed by atoms with Gasteiger partial charge in [0.15, 0.2) is 0 Å². The van der Waals surface area contributed by atoms with Crippen LogP contribution in [0.4, 0.5) is 0 Å². The zero-order valence-electron chi connectivity index (χ0n) is 13.4. The molecule has 3 rings (SSSR count). The van der Waals surface area contributed by atoms with E-state index < -0.39 is 0 Å². The molecular weight excluding hydrogens is 294 g/mol. The Morgan fingerprint density at radius 1 is 1.35 bits per heavy atom. The Hall–Kier alpha value is -2.50. The fourth-order valence-electron chi connectivity index (χ4n) is 3.04. The molecule has 6 heteroatoms. The molecule has 1 amide bonds. The number of hydrogen-bond acceptors (Lipinski definition) is 4. The summed E-state index contributed by atoms with van der Waals surface area (Å²) in [7, 11) is 3.32. The molecule has 0 radical (unpaired) electrons. The summed E-state index contributed by atoms with van der Waals surface area (Å²) in [5.41, 5.74) is 1.10. The number of likely N-dealkylation sites (tertiary alicyclic amines) is 1. The highest BCUT2D eigenvalue weighted by Crippen LogP contribution is 2.36. The summed E-state index contributed by atoms with van der Waals surface area (Å²) in [5, 5.41) is 0. The number of amides is 1. The van der Waals surface area contributed by atoms with Crippen molar-refractivity contribution in [2.45, 2.75) is 18.9 Å². The lowest BCUT2D eigenvalue weighted by molar-refractivity contribution is -0.130. The molecule has 0 aliphatic carbocycles. The zero-order valence-corrected chi connectivity index (χ0v) is 13.4. The Bertz CT molecular complexity index is 670. The van der Waals surface area contributed by atoms with E-state index in [1.165, 1.54) is 0 Å². The van der Waals surface area contributed by atoms with Gasteiger partial charge >= 0.3 is 0 Å². The second-order valence-corrected chi connectivity index (χ2v) is 5.67. The molecule has 0 saturated carbocycles. The Morgan fingerprint density at radius 2 is 2.22 bits per heavy atom. The molecule has 1 fully saturated rings. The van der Waals surface area contributed by atoms with Crippen molar-refractivity contribution >= 4 is 5.91 Å². The summed E-state index contributed by atoms with van der Waals surface area (Å²) in [5.74, 6) is 2.04. The maximum atomic E-state index is 12.4. The van der Waals surface area contributed by atoms with Crippen molar-refractivity contribution < 1.29 is 14.3 Å². The molecule has 1 aromatic heterocycles. The van der Waals surface area contributed by atoms with Gasteiger partial charge in [-0.2, -0.15) is 0 Å². The van der Waals surface area contributed by atoms with Crippen LogP contribution in [0.3, 0.4) is 0 Å². The molecule has 1 saturated heterocycles. The monoisotopic (exact) mass is 315 g/mol. The average Bonchev–Trinajstić information content (AvgIpc) is 3.25. The molecule has 0 N–H and O–H groups in total. The standard InChI is InChI=1S/C17H21N3O3/c1-22-14-3-4-16(23-2)15(9-14)13-5-7-20(10-13)17(21)11-19-8-6-18-12-19/h3-4,6,8-9,12-13H,5,7,10-11H2,1-2H3/t13-/m1/s1. The first-order chi connectivity index (χ1) is 11.2. The van der Waals surface area contributed by atoms with E-state index in [4.69, 9.17) is 9.47 Å². The smallest absolute Gasteiger partial charge is 0.242 e. The third kappa shape index (κ3) is 3.31. The van der Waals surface area contributed by atoms with Gasteiger partial charge in [0.2, 0.25) is 5.91 Å². The summed E-state index contributed by atoms with van der Waals surface area (Å²) in [4.78, 5) is 18.3. The van der Waals surface area contributed by atoms with Crippen molar-refractivity contribution in [2.75, 3.05) is 27.3 Å². The van der Waals surface area contributed by atoms with Crippen molar-refractivity contribution in [2.24, 2.45) is 0 Å². The molecule has 1 aliphatic rings. The van der Waals surface area contributed by atoms with Crippen LogP contribution in [0.1, 0.15) is 17.9 Å². The number of rotatable bonds is 5. The molecule has 0 bridgehead atoms. The highest BCUT2D eigenvalue weighted by Gasteiger charge is 2.29. The quantitative estimate of drug-likeness (QED) is 0.846. The van der Waals surface area contributed by atoms with Gasteiger partial charge in [-0.1, -0.05) is 0 Å². The fraction of sp³-hybridized carbons (Fsp3) is 0.412. The minimum Gasteiger partial charge on any atom is -0.497 e. The van der Waals surface area contributed by atoms with E-state index in [2.05, 4.69) is 4.98 Å². The number of hydrogen-bond donors (Lipinski definition) is 0. The first kappa shape index (κ1) is 15.4. The van der Waals surface area contributed by atoms with Crippen LogP contribution in [0.2, 0.25) is 0 Å². The third-order valence-corrected chi connectivity index (χ3v) is 4.29. The van der Waals surface area contributed by atoms with Crippen LogP contribution in [0.25, 0.3) is 0 Å². The highest BCUT2D eigenvalue weighted by molar-refractivity contribution is 5.76.